The third-order valence-electron chi connectivity index (χ3n) is 3.24. The predicted octanol–water partition coefficient (Wildman–Crippen LogP) is 0.238. The van der Waals surface area contributed by atoms with Gasteiger partial charge >= 0.3 is 0 Å². The second-order valence-electron chi connectivity index (χ2n) is 5.01. The molecular weight excluding hydrogens is 232 g/mol. The standard InChI is InChI=1S/C12H20N4O2/c1-8-4-9(13)7-16(6-8)12(17)10-5-11(18-3)15(2)14-10/h5,8-9H,4,6-7,13H2,1-3H3. The van der Waals surface area contributed by atoms with E-state index in [0.29, 0.717) is 24.0 Å². The minimum atomic E-state index is -0.0732. The summed E-state index contributed by atoms with van der Waals surface area (Å²) >= 11 is 0. The van der Waals surface area contributed by atoms with E-state index in [1.807, 2.05) is 0 Å². The Kier molecular flexibility index (Phi) is 3.56. The Hall–Kier alpha value is -1.56. The van der Waals surface area contributed by atoms with Crippen LogP contribution in [0.25, 0.3) is 0 Å². The zero-order chi connectivity index (χ0) is 13.3. The van der Waals surface area contributed by atoms with Gasteiger partial charge in [-0.1, -0.05) is 6.92 Å². The molecule has 2 unspecified atom stereocenters. The number of hydrogen-bond acceptors (Lipinski definition) is 4. The van der Waals surface area contributed by atoms with Crippen molar-refractivity contribution in [3.05, 3.63) is 11.8 Å². The van der Waals surface area contributed by atoms with Crippen molar-refractivity contribution >= 4 is 5.91 Å². The van der Waals surface area contributed by atoms with Gasteiger partial charge in [-0.25, -0.2) is 4.68 Å². The summed E-state index contributed by atoms with van der Waals surface area (Å²) in [6, 6.07) is 1.72. The van der Waals surface area contributed by atoms with Crippen LogP contribution in [-0.4, -0.2) is 46.8 Å². The van der Waals surface area contributed by atoms with Crippen molar-refractivity contribution in [2.45, 2.75) is 19.4 Å². The molecule has 1 aliphatic rings. The van der Waals surface area contributed by atoms with Crippen LogP contribution in [0.4, 0.5) is 0 Å². The van der Waals surface area contributed by atoms with Gasteiger partial charge in [-0.3, -0.25) is 4.79 Å². The van der Waals surface area contributed by atoms with Crippen LogP contribution >= 0.6 is 0 Å². The van der Waals surface area contributed by atoms with E-state index in [1.165, 1.54) is 0 Å². The fourth-order valence-corrected chi connectivity index (χ4v) is 2.47. The highest BCUT2D eigenvalue weighted by Crippen LogP contribution is 2.19. The third-order valence-corrected chi connectivity index (χ3v) is 3.24. The molecule has 1 aliphatic heterocycles. The Morgan fingerprint density at radius 1 is 1.56 bits per heavy atom. The lowest BCUT2D eigenvalue weighted by Gasteiger charge is -2.34. The van der Waals surface area contributed by atoms with E-state index in [0.717, 1.165) is 13.0 Å². The Bertz CT molecular complexity index is 433. The van der Waals surface area contributed by atoms with Gasteiger partial charge in [0.2, 0.25) is 5.88 Å². The molecule has 1 aromatic rings. The minimum Gasteiger partial charge on any atom is -0.481 e. The van der Waals surface area contributed by atoms with Gasteiger partial charge in [0.25, 0.3) is 5.91 Å². The molecule has 1 aromatic heterocycles. The molecule has 0 radical (unpaired) electrons. The molecule has 0 bridgehead atoms. The molecule has 2 rings (SSSR count). The summed E-state index contributed by atoms with van der Waals surface area (Å²) < 4.78 is 6.67. The fourth-order valence-electron chi connectivity index (χ4n) is 2.47. The number of aromatic nitrogens is 2. The first-order valence-electron chi connectivity index (χ1n) is 6.14. The Morgan fingerprint density at radius 2 is 2.28 bits per heavy atom. The summed E-state index contributed by atoms with van der Waals surface area (Å²) in [6.45, 7) is 3.45. The lowest BCUT2D eigenvalue weighted by atomic mass is 9.96. The summed E-state index contributed by atoms with van der Waals surface area (Å²) in [7, 11) is 3.31. The average Bonchev–Trinajstić information content (AvgIpc) is 2.68. The van der Waals surface area contributed by atoms with Crippen LogP contribution in [0.15, 0.2) is 6.07 Å². The highest BCUT2D eigenvalue weighted by Gasteiger charge is 2.28. The number of carbonyl (C=O) groups is 1. The highest BCUT2D eigenvalue weighted by atomic mass is 16.5. The first-order valence-corrected chi connectivity index (χ1v) is 6.14. The SMILES string of the molecule is COc1cc(C(=O)N2CC(C)CC(N)C2)nn1C. The summed E-state index contributed by atoms with van der Waals surface area (Å²) in [5.41, 5.74) is 6.36. The number of carbonyl (C=O) groups excluding carboxylic acids is 1. The van der Waals surface area contributed by atoms with Crippen LogP contribution < -0.4 is 10.5 Å². The lowest BCUT2D eigenvalue weighted by molar-refractivity contribution is 0.0654. The molecule has 18 heavy (non-hydrogen) atoms. The zero-order valence-electron chi connectivity index (χ0n) is 11.1. The average molecular weight is 252 g/mol. The summed E-state index contributed by atoms with van der Waals surface area (Å²) in [5, 5.41) is 4.17. The Morgan fingerprint density at radius 3 is 2.83 bits per heavy atom. The molecule has 0 saturated carbocycles. The van der Waals surface area contributed by atoms with Gasteiger partial charge in [0.05, 0.1) is 7.11 Å². The number of ether oxygens (including phenoxy) is 1. The molecule has 0 spiro atoms. The van der Waals surface area contributed by atoms with Crippen molar-refractivity contribution in [3.63, 3.8) is 0 Å². The first-order chi connectivity index (χ1) is 8.51. The number of piperidine rings is 1. The van der Waals surface area contributed by atoms with Gasteiger partial charge in [0, 0.05) is 32.2 Å². The third kappa shape index (κ3) is 2.48. The van der Waals surface area contributed by atoms with Crippen LogP contribution in [-0.2, 0) is 7.05 Å². The number of nitrogens with two attached hydrogens (primary N) is 1. The van der Waals surface area contributed by atoms with Crippen LogP contribution in [0.1, 0.15) is 23.8 Å². The second kappa shape index (κ2) is 4.97. The zero-order valence-corrected chi connectivity index (χ0v) is 11.1. The molecule has 1 amide bonds. The number of rotatable bonds is 2. The summed E-state index contributed by atoms with van der Waals surface area (Å²) in [4.78, 5) is 14.1. The van der Waals surface area contributed by atoms with Crippen LogP contribution in [0.3, 0.4) is 0 Å². The van der Waals surface area contributed by atoms with E-state index in [1.54, 1.807) is 29.8 Å². The molecule has 2 atom stereocenters. The van der Waals surface area contributed by atoms with Crippen molar-refractivity contribution in [1.82, 2.24) is 14.7 Å². The van der Waals surface area contributed by atoms with Gasteiger partial charge in [-0.2, -0.15) is 5.10 Å². The number of likely N-dealkylation sites (tertiary alicyclic amines) is 1. The second-order valence-corrected chi connectivity index (χ2v) is 5.01. The molecule has 1 saturated heterocycles. The molecule has 6 nitrogen and oxygen atoms in total. The molecule has 0 aliphatic carbocycles. The Balaban J connectivity index is 2.14. The van der Waals surface area contributed by atoms with Gasteiger partial charge < -0.3 is 15.4 Å². The van der Waals surface area contributed by atoms with Crippen molar-refractivity contribution in [2.24, 2.45) is 18.7 Å². The van der Waals surface area contributed by atoms with E-state index < -0.39 is 0 Å². The van der Waals surface area contributed by atoms with Crippen molar-refractivity contribution in [2.75, 3.05) is 20.2 Å². The van der Waals surface area contributed by atoms with Crippen LogP contribution in [0.2, 0.25) is 0 Å². The van der Waals surface area contributed by atoms with Crippen molar-refractivity contribution < 1.29 is 9.53 Å². The number of amides is 1. The van der Waals surface area contributed by atoms with E-state index in [2.05, 4.69) is 12.0 Å². The highest BCUT2D eigenvalue weighted by molar-refractivity contribution is 5.92. The summed E-state index contributed by atoms with van der Waals surface area (Å²) in [5.74, 6) is 0.937. The number of nitrogens with zero attached hydrogens (tertiary/aromatic N) is 3. The molecule has 0 aromatic carbocycles. The fraction of sp³-hybridized carbons (Fsp3) is 0.667. The monoisotopic (exact) mass is 252 g/mol. The van der Waals surface area contributed by atoms with E-state index in [9.17, 15) is 4.79 Å². The Labute approximate surface area is 107 Å². The predicted molar refractivity (Wildman–Crippen MR) is 67.4 cm³/mol. The van der Waals surface area contributed by atoms with Gasteiger partial charge in [-0.15, -0.1) is 0 Å². The van der Waals surface area contributed by atoms with Gasteiger partial charge in [-0.05, 0) is 12.3 Å². The van der Waals surface area contributed by atoms with Gasteiger partial charge in [0.1, 0.15) is 0 Å². The number of hydrogen-bond donors (Lipinski definition) is 1. The maximum Gasteiger partial charge on any atom is 0.274 e. The molecule has 100 valence electrons. The molecule has 2 N–H and O–H groups in total. The van der Waals surface area contributed by atoms with Crippen LogP contribution in [0.5, 0.6) is 5.88 Å². The molecule has 2 heterocycles. The molecular formula is C12H20N4O2. The van der Waals surface area contributed by atoms with E-state index in [-0.39, 0.29) is 11.9 Å². The lowest BCUT2D eigenvalue weighted by Crippen LogP contribution is -2.48. The van der Waals surface area contributed by atoms with E-state index >= 15 is 0 Å². The number of methoxy groups -OCH3 is 1. The van der Waals surface area contributed by atoms with Gasteiger partial charge in [0.15, 0.2) is 5.69 Å². The summed E-state index contributed by atoms with van der Waals surface area (Å²) in [6.07, 6.45) is 0.968. The topological polar surface area (TPSA) is 73.4 Å². The largest absolute Gasteiger partial charge is 0.481 e. The van der Waals surface area contributed by atoms with E-state index in [4.69, 9.17) is 10.5 Å². The maximum absolute atomic E-state index is 12.3. The smallest absolute Gasteiger partial charge is 0.274 e. The maximum atomic E-state index is 12.3. The molecule has 1 fully saturated rings. The minimum absolute atomic E-state index is 0.0586. The first kappa shape index (κ1) is 12.9. The van der Waals surface area contributed by atoms with Crippen LogP contribution in [0, 0.1) is 5.92 Å². The normalized spacial score (nSPS) is 24.1. The number of aryl methyl sites for hydroxylation is 1. The van der Waals surface area contributed by atoms with Crippen molar-refractivity contribution in [1.29, 1.82) is 0 Å². The quantitative estimate of drug-likeness (QED) is 0.818. The van der Waals surface area contributed by atoms with Crippen molar-refractivity contribution in [3.8, 4) is 5.88 Å². The molecule has 6 heteroatoms.